The van der Waals surface area contributed by atoms with E-state index in [1.165, 1.54) is 12.8 Å². The van der Waals surface area contributed by atoms with Gasteiger partial charge in [-0.1, -0.05) is 13.3 Å². The van der Waals surface area contributed by atoms with Crippen LogP contribution in [0.4, 0.5) is 0 Å². The Balaban J connectivity index is 0.00000225. The van der Waals surface area contributed by atoms with Gasteiger partial charge in [-0.2, -0.15) is 11.8 Å². The Morgan fingerprint density at radius 2 is 2.25 bits per heavy atom. The Morgan fingerprint density at radius 1 is 1.56 bits per heavy atom. The van der Waals surface area contributed by atoms with Gasteiger partial charge in [0.05, 0.1) is 0 Å². The Morgan fingerprint density at radius 3 is 2.81 bits per heavy atom. The first-order valence-corrected chi connectivity index (χ1v) is 6.99. The summed E-state index contributed by atoms with van der Waals surface area (Å²) >= 11 is 1.91. The van der Waals surface area contributed by atoms with Crippen molar-refractivity contribution < 1.29 is 4.79 Å². The van der Waals surface area contributed by atoms with Crippen LogP contribution in [0.2, 0.25) is 0 Å². The van der Waals surface area contributed by atoms with E-state index < -0.39 is 0 Å². The highest BCUT2D eigenvalue weighted by Crippen LogP contribution is 2.26. The van der Waals surface area contributed by atoms with E-state index in [2.05, 4.69) is 11.6 Å². The molecule has 1 aliphatic rings. The van der Waals surface area contributed by atoms with Crippen LogP contribution >= 0.6 is 24.2 Å². The molecule has 1 saturated carbocycles. The quantitative estimate of drug-likeness (QED) is 0.816. The molecule has 96 valence electrons. The maximum atomic E-state index is 11.6. The number of halogens is 1. The average Bonchev–Trinajstić information content (AvgIpc) is 2.28. The number of thioether (sulfide) groups is 1. The topological polar surface area (TPSA) is 55.1 Å². The number of rotatable bonds is 4. The number of hydrogen-bond donors (Lipinski definition) is 2. The second kappa shape index (κ2) is 8.20. The zero-order chi connectivity index (χ0) is 11.3. The van der Waals surface area contributed by atoms with Gasteiger partial charge in [0.15, 0.2) is 0 Å². The van der Waals surface area contributed by atoms with Crippen LogP contribution in [-0.4, -0.2) is 30.0 Å². The van der Waals surface area contributed by atoms with Crippen molar-refractivity contribution in [1.82, 2.24) is 5.32 Å². The summed E-state index contributed by atoms with van der Waals surface area (Å²) in [5.41, 5.74) is 5.47. The second-order valence-electron chi connectivity index (χ2n) is 4.37. The summed E-state index contributed by atoms with van der Waals surface area (Å²) in [7, 11) is 0. The van der Waals surface area contributed by atoms with Crippen LogP contribution in [-0.2, 0) is 4.79 Å². The number of amides is 1. The van der Waals surface area contributed by atoms with Gasteiger partial charge in [-0.15, -0.1) is 12.4 Å². The van der Waals surface area contributed by atoms with Gasteiger partial charge in [0.25, 0.3) is 0 Å². The third-order valence-electron chi connectivity index (χ3n) is 3.11. The van der Waals surface area contributed by atoms with Crippen molar-refractivity contribution in [3.8, 4) is 0 Å². The third-order valence-corrected chi connectivity index (χ3v) is 4.20. The second-order valence-corrected chi connectivity index (χ2v) is 5.50. The summed E-state index contributed by atoms with van der Waals surface area (Å²) in [6.07, 6.45) is 6.91. The summed E-state index contributed by atoms with van der Waals surface area (Å²) in [5.74, 6) is 0.0592. The SMILES string of the molecule is CSC1CCCC(NC(=O)C(C)CN)C1.Cl. The molecule has 16 heavy (non-hydrogen) atoms. The predicted octanol–water partition coefficient (Wildman–Crippen LogP) is 1.79. The molecule has 0 aliphatic heterocycles. The summed E-state index contributed by atoms with van der Waals surface area (Å²) in [4.78, 5) is 11.6. The number of carbonyl (C=O) groups is 1. The van der Waals surface area contributed by atoms with Crippen LogP contribution in [0, 0.1) is 5.92 Å². The van der Waals surface area contributed by atoms with Crippen LogP contribution in [0.5, 0.6) is 0 Å². The van der Waals surface area contributed by atoms with Crippen LogP contribution < -0.4 is 11.1 Å². The predicted molar refractivity (Wildman–Crippen MR) is 73.2 cm³/mol. The molecule has 3 unspecified atom stereocenters. The molecule has 0 bridgehead atoms. The molecule has 5 heteroatoms. The molecule has 3 atom stereocenters. The Hall–Kier alpha value is 0.0700. The van der Waals surface area contributed by atoms with E-state index in [9.17, 15) is 4.79 Å². The summed E-state index contributed by atoms with van der Waals surface area (Å²) in [6.45, 7) is 2.31. The minimum atomic E-state index is -0.0559. The van der Waals surface area contributed by atoms with Crippen LogP contribution in [0.15, 0.2) is 0 Å². The Labute approximate surface area is 109 Å². The van der Waals surface area contributed by atoms with Crippen LogP contribution in [0.25, 0.3) is 0 Å². The fraction of sp³-hybridized carbons (Fsp3) is 0.909. The van der Waals surface area contributed by atoms with Gasteiger partial charge in [-0.25, -0.2) is 0 Å². The van der Waals surface area contributed by atoms with Crippen molar-refractivity contribution in [3.63, 3.8) is 0 Å². The van der Waals surface area contributed by atoms with E-state index in [1.807, 2.05) is 18.7 Å². The van der Waals surface area contributed by atoms with Crippen molar-refractivity contribution in [3.05, 3.63) is 0 Å². The minimum Gasteiger partial charge on any atom is -0.353 e. The standard InChI is InChI=1S/C11H22N2OS.ClH/c1-8(7-12)11(14)13-9-4-3-5-10(6-9)15-2;/h8-10H,3-7,12H2,1-2H3,(H,13,14);1H. The van der Waals surface area contributed by atoms with E-state index in [1.54, 1.807) is 0 Å². The number of carbonyl (C=O) groups excluding carboxylic acids is 1. The van der Waals surface area contributed by atoms with Gasteiger partial charge in [-0.05, 0) is 25.5 Å². The smallest absolute Gasteiger partial charge is 0.224 e. The molecular formula is C11H23ClN2OS. The molecule has 0 aromatic carbocycles. The van der Waals surface area contributed by atoms with Crippen molar-refractivity contribution >= 4 is 30.1 Å². The van der Waals surface area contributed by atoms with E-state index in [4.69, 9.17) is 5.73 Å². The van der Waals surface area contributed by atoms with Gasteiger partial charge < -0.3 is 11.1 Å². The molecule has 1 amide bonds. The van der Waals surface area contributed by atoms with Gasteiger partial charge in [0.1, 0.15) is 0 Å². The molecule has 0 aromatic heterocycles. The maximum Gasteiger partial charge on any atom is 0.224 e. The van der Waals surface area contributed by atoms with Gasteiger partial charge >= 0.3 is 0 Å². The van der Waals surface area contributed by atoms with Gasteiger partial charge in [0, 0.05) is 23.8 Å². The van der Waals surface area contributed by atoms with Crippen molar-refractivity contribution in [2.75, 3.05) is 12.8 Å². The molecule has 0 saturated heterocycles. The van der Waals surface area contributed by atoms with Crippen molar-refractivity contribution in [2.24, 2.45) is 11.7 Å². The summed E-state index contributed by atoms with van der Waals surface area (Å²) < 4.78 is 0. The molecule has 0 radical (unpaired) electrons. The Bertz CT molecular complexity index is 216. The highest BCUT2D eigenvalue weighted by molar-refractivity contribution is 7.99. The number of hydrogen-bond acceptors (Lipinski definition) is 3. The molecule has 1 aliphatic carbocycles. The fourth-order valence-electron chi connectivity index (χ4n) is 1.94. The molecule has 0 heterocycles. The normalized spacial score (nSPS) is 26.7. The lowest BCUT2D eigenvalue weighted by atomic mass is 9.94. The van der Waals surface area contributed by atoms with E-state index in [-0.39, 0.29) is 24.2 Å². The minimum absolute atomic E-state index is 0. The number of nitrogens with two attached hydrogens (primary N) is 1. The molecule has 0 aromatic rings. The van der Waals surface area contributed by atoms with E-state index >= 15 is 0 Å². The largest absolute Gasteiger partial charge is 0.353 e. The van der Waals surface area contributed by atoms with Gasteiger partial charge in [0.2, 0.25) is 5.91 Å². The maximum absolute atomic E-state index is 11.6. The Kier molecular flexibility index (Phi) is 8.24. The molecule has 3 N–H and O–H groups in total. The monoisotopic (exact) mass is 266 g/mol. The lowest BCUT2D eigenvalue weighted by Gasteiger charge is -2.29. The van der Waals surface area contributed by atoms with Crippen molar-refractivity contribution in [2.45, 2.75) is 43.9 Å². The molecule has 0 spiro atoms. The van der Waals surface area contributed by atoms with Crippen molar-refractivity contribution in [1.29, 1.82) is 0 Å². The highest BCUT2D eigenvalue weighted by Gasteiger charge is 2.23. The van der Waals surface area contributed by atoms with E-state index in [0.29, 0.717) is 12.6 Å². The number of nitrogens with one attached hydrogen (secondary N) is 1. The first-order chi connectivity index (χ1) is 7.17. The molecule has 3 nitrogen and oxygen atoms in total. The van der Waals surface area contributed by atoms with Crippen LogP contribution in [0.3, 0.4) is 0 Å². The highest BCUT2D eigenvalue weighted by atomic mass is 35.5. The summed E-state index contributed by atoms with van der Waals surface area (Å²) in [5, 5.41) is 3.82. The fourth-order valence-corrected chi connectivity index (χ4v) is 2.77. The lowest BCUT2D eigenvalue weighted by Crippen LogP contribution is -2.43. The zero-order valence-corrected chi connectivity index (χ0v) is 11.7. The third kappa shape index (κ3) is 4.93. The van der Waals surface area contributed by atoms with Gasteiger partial charge in [-0.3, -0.25) is 4.79 Å². The van der Waals surface area contributed by atoms with E-state index in [0.717, 1.165) is 18.1 Å². The van der Waals surface area contributed by atoms with Crippen LogP contribution in [0.1, 0.15) is 32.6 Å². The molecule has 1 fully saturated rings. The summed E-state index contributed by atoms with van der Waals surface area (Å²) in [6, 6.07) is 0.373. The average molecular weight is 267 g/mol. The first kappa shape index (κ1) is 16.1. The first-order valence-electron chi connectivity index (χ1n) is 5.70. The molecular weight excluding hydrogens is 244 g/mol. The lowest BCUT2D eigenvalue weighted by molar-refractivity contribution is -0.125. The zero-order valence-electron chi connectivity index (χ0n) is 10.1. The molecule has 1 rings (SSSR count).